The van der Waals surface area contributed by atoms with E-state index in [0.717, 1.165) is 13.1 Å². The Morgan fingerprint density at radius 3 is 2.25 bits per heavy atom. The summed E-state index contributed by atoms with van der Waals surface area (Å²) >= 11 is 5.88. The lowest BCUT2D eigenvalue weighted by Crippen LogP contribution is -2.35. The first kappa shape index (κ1) is 18.6. The molecule has 0 aliphatic carbocycles. The number of hydrogen-bond donors (Lipinski definition) is 1. The molecule has 0 saturated carbocycles. The van der Waals surface area contributed by atoms with Gasteiger partial charge in [-0.1, -0.05) is 37.6 Å². The summed E-state index contributed by atoms with van der Waals surface area (Å²) in [7, 11) is 0. The summed E-state index contributed by atoms with van der Waals surface area (Å²) in [5.41, 5.74) is 0. The molecule has 0 aliphatic heterocycles. The SMILES string of the molecule is CCN(CC)CC(O)COc1ccccc1Oc1ccc(Cl)cc1. The van der Waals surface area contributed by atoms with Gasteiger partial charge in [0.25, 0.3) is 0 Å². The fraction of sp³-hybridized carbons (Fsp3) is 0.368. The second-order valence-electron chi connectivity index (χ2n) is 5.45. The molecule has 0 saturated heterocycles. The lowest BCUT2D eigenvalue weighted by Gasteiger charge is -2.22. The molecular weight excluding hydrogens is 326 g/mol. The first-order chi connectivity index (χ1) is 11.6. The summed E-state index contributed by atoms with van der Waals surface area (Å²) < 4.78 is 11.6. The molecule has 0 fully saturated rings. The van der Waals surface area contributed by atoms with E-state index in [9.17, 15) is 5.11 Å². The molecule has 0 radical (unpaired) electrons. The van der Waals surface area contributed by atoms with Crippen LogP contribution in [0.15, 0.2) is 48.5 Å². The Labute approximate surface area is 148 Å². The average molecular weight is 350 g/mol. The number of ether oxygens (including phenoxy) is 2. The van der Waals surface area contributed by atoms with Crippen molar-refractivity contribution in [1.29, 1.82) is 0 Å². The van der Waals surface area contributed by atoms with Gasteiger partial charge in [0.05, 0.1) is 0 Å². The Hall–Kier alpha value is -1.75. The zero-order valence-electron chi connectivity index (χ0n) is 14.1. The number of para-hydroxylation sites is 2. The van der Waals surface area contributed by atoms with Crippen LogP contribution in [0.25, 0.3) is 0 Å². The van der Waals surface area contributed by atoms with Crippen LogP contribution in [-0.4, -0.2) is 42.4 Å². The van der Waals surface area contributed by atoms with Crippen molar-refractivity contribution >= 4 is 11.6 Å². The number of rotatable bonds is 9. The maximum absolute atomic E-state index is 10.1. The van der Waals surface area contributed by atoms with Gasteiger partial charge in [-0.05, 0) is 49.5 Å². The zero-order chi connectivity index (χ0) is 17.4. The van der Waals surface area contributed by atoms with E-state index in [2.05, 4.69) is 18.7 Å². The van der Waals surface area contributed by atoms with Crippen molar-refractivity contribution in [3.05, 3.63) is 53.6 Å². The largest absolute Gasteiger partial charge is 0.487 e. The minimum absolute atomic E-state index is 0.220. The first-order valence-electron chi connectivity index (χ1n) is 8.18. The molecule has 1 atom stereocenters. The molecule has 0 aromatic heterocycles. The van der Waals surface area contributed by atoms with Crippen LogP contribution in [0.2, 0.25) is 5.02 Å². The van der Waals surface area contributed by atoms with Gasteiger partial charge in [-0.15, -0.1) is 0 Å². The van der Waals surface area contributed by atoms with Gasteiger partial charge in [0.1, 0.15) is 18.5 Å². The molecule has 1 unspecified atom stereocenters. The van der Waals surface area contributed by atoms with E-state index in [4.69, 9.17) is 21.1 Å². The quantitative estimate of drug-likeness (QED) is 0.736. The predicted octanol–water partition coefficient (Wildman–Crippen LogP) is 4.21. The summed E-state index contributed by atoms with van der Waals surface area (Å²) in [6.07, 6.45) is -0.548. The highest BCUT2D eigenvalue weighted by Crippen LogP contribution is 2.31. The third kappa shape index (κ3) is 5.71. The van der Waals surface area contributed by atoms with Gasteiger partial charge >= 0.3 is 0 Å². The summed E-state index contributed by atoms with van der Waals surface area (Å²) in [6.45, 7) is 6.77. The van der Waals surface area contributed by atoms with Gasteiger partial charge < -0.3 is 19.5 Å². The van der Waals surface area contributed by atoms with Crippen LogP contribution in [0, 0.1) is 0 Å². The number of likely N-dealkylation sites (N-methyl/N-ethyl adjacent to an activating group) is 1. The molecule has 2 rings (SSSR count). The fourth-order valence-corrected chi connectivity index (χ4v) is 2.43. The van der Waals surface area contributed by atoms with Crippen LogP contribution < -0.4 is 9.47 Å². The third-order valence-corrected chi connectivity index (χ3v) is 3.94. The zero-order valence-corrected chi connectivity index (χ0v) is 14.9. The summed E-state index contributed by atoms with van der Waals surface area (Å²) in [6, 6.07) is 14.6. The number of aliphatic hydroxyl groups is 1. The molecule has 0 heterocycles. The smallest absolute Gasteiger partial charge is 0.169 e. The molecule has 0 amide bonds. The number of halogens is 1. The van der Waals surface area contributed by atoms with Crippen LogP contribution in [-0.2, 0) is 0 Å². The van der Waals surface area contributed by atoms with E-state index in [1.165, 1.54) is 0 Å². The molecular formula is C19H24ClNO3. The summed E-state index contributed by atoms with van der Waals surface area (Å²) in [4.78, 5) is 2.16. The maximum atomic E-state index is 10.1. The topological polar surface area (TPSA) is 41.9 Å². The second kappa shape index (κ2) is 9.52. The highest BCUT2D eigenvalue weighted by molar-refractivity contribution is 6.30. The van der Waals surface area contributed by atoms with Crippen molar-refractivity contribution in [2.24, 2.45) is 0 Å². The number of benzene rings is 2. The van der Waals surface area contributed by atoms with E-state index in [-0.39, 0.29) is 6.61 Å². The highest BCUT2D eigenvalue weighted by Gasteiger charge is 2.12. The Balaban J connectivity index is 1.97. The molecule has 1 N–H and O–H groups in total. The van der Waals surface area contributed by atoms with Gasteiger partial charge in [0.2, 0.25) is 0 Å². The Kier molecular flexibility index (Phi) is 7.37. The average Bonchev–Trinajstić information content (AvgIpc) is 2.61. The van der Waals surface area contributed by atoms with E-state index in [1.54, 1.807) is 24.3 Å². The number of hydrogen-bond acceptors (Lipinski definition) is 4. The van der Waals surface area contributed by atoms with Crippen LogP contribution in [0.3, 0.4) is 0 Å². The van der Waals surface area contributed by atoms with Crippen LogP contribution in [0.1, 0.15) is 13.8 Å². The normalized spacial score (nSPS) is 12.2. The van der Waals surface area contributed by atoms with Crippen molar-refractivity contribution < 1.29 is 14.6 Å². The van der Waals surface area contributed by atoms with Crippen molar-refractivity contribution in [3.63, 3.8) is 0 Å². The molecule has 2 aromatic rings. The molecule has 0 aliphatic rings. The monoisotopic (exact) mass is 349 g/mol. The van der Waals surface area contributed by atoms with E-state index < -0.39 is 6.10 Å². The van der Waals surface area contributed by atoms with Gasteiger partial charge in [-0.2, -0.15) is 0 Å². The van der Waals surface area contributed by atoms with Gasteiger partial charge in [0, 0.05) is 11.6 Å². The van der Waals surface area contributed by atoms with Gasteiger partial charge in [0.15, 0.2) is 11.5 Å². The van der Waals surface area contributed by atoms with Crippen molar-refractivity contribution in [1.82, 2.24) is 4.90 Å². The molecule has 130 valence electrons. The molecule has 2 aromatic carbocycles. The fourth-order valence-electron chi connectivity index (χ4n) is 2.30. The molecule has 5 heteroatoms. The Morgan fingerprint density at radius 2 is 1.62 bits per heavy atom. The second-order valence-corrected chi connectivity index (χ2v) is 5.89. The standard InChI is InChI=1S/C19H24ClNO3/c1-3-21(4-2)13-16(22)14-23-18-7-5-6-8-19(18)24-17-11-9-15(20)10-12-17/h5-12,16,22H,3-4,13-14H2,1-2H3. The van der Waals surface area contributed by atoms with Crippen molar-refractivity contribution in [3.8, 4) is 17.2 Å². The lowest BCUT2D eigenvalue weighted by atomic mass is 10.3. The van der Waals surface area contributed by atoms with Crippen LogP contribution in [0.5, 0.6) is 17.2 Å². The van der Waals surface area contributed by atoms with Crippen LogP contribution in [0.4, 0.5) is 0 Å². The Bertz CT molecular complexity index is 614. The van der Waals surface area contributed by atoms with Gasteiger partial charge in [-0.25, -0.2) is 0 Å². The molecule has 4 nitrogen and oxygen atoms in total. The van der Waals surface area contributed by atoms with Crippen molar-refractivity contribution in [2.45, 2.75) is 20.0 Å². The predicted molar refractivity (Wildman–Crippen MR) is 97.3 cm³/mol. The maximum Gasteiger partial charge on any atom is 0.169 e. The third-order valence-electron chi connectivity index (χ3n) is 3.69. The highest BCUT2D eigenvalue weighted by atomic mass is 35.5. The van der Waals surface area contributed by atoms with E-state index in [0.29, 0.717) is 28.8 Å². The van der Waals surface area contributed by atoms with Gasteiger partial charge in [-0.3, -0.25) is 0 Å². The minimum atomic E-state index is -0.548. The minimum Gasteiger partial charge on any atom is -0.487 e. The molecule has 24 heavy (non-hydrogen) atoms. The summed E-state index contributed by atoms with van der Waals surface area (Å²) in [5.74, 6) is 1.89. The first-order valence-corrected chi connectivity index (χ1v) is 8.55. The molecule has 0 bridgehead atoms. The van der Waals surface area contributed by atoms with Crippen LogP contribution >= 0.6 is 11.6 Å². The number of nitrogens with zero attached hydrogens (tertiary/aromatic N) is 1. The van der Waals surface area contributed by atoms with E-state index >= 15 is 0 Å². The molecule has 0 spiro atoms. The lowest BCUT2D eigenvalue weighted by molar-refractivity contribution is 0.0708. The summed E-state index contributed by atoms with van der Waals surface area (Å²) in [5, 5.41) is 10.8. The number of aliphatic hydroxyl groups excluding tert-OH is 1. The van der Waals surface area contributed by atoms with Crippen molar-refractivity contribution in [2.75, 3.05) is 26.2 Å². The Morgan fingerprint density at radius 1 is 1.00 bits per heavy atom. The van der Waals surface area contributed by atoms with E-state index in [1.807, 2.05) is 24.3 Å².